The molecule has 0 unspecified atom stereocenters. The number of carbonyl (C=O) groups is 2. The van der Waals surface area contributed by atoms with Gasteiger partial charge in [0, 0.05) is 21.4 Å². The van der Waals surface area contributed by atoms with Gasteiger partial charge in [-0.15, -0.1) is 0 Å². The summed E-state index contributed by atoms with van der Waals surface area (Å²) in [5, 5.41) is 11.8. The average Bonchev–Trinajstić information content (AvgIpc) is 2.77. The second-order valence-electron chi connectivity index (χ2n) is 5.85. The molecule has 28 heavy (non-hydrogen) atoms. The largest absolute Gasteiger partial charge is 0.507 e. The Bertz CT molecular complexity index is 982. The Morgan fingerprint density at radius 3 is 2.07 bits per heavy atom. The summed E-state index contributed by atoms with van der Waals surface area (Å²) in [7, 11) is 0. The van der Waals surface area contributed by atoms with E-state index in [1.54, 1.807) is 66.1 Å². The Labute approximate surface area is 167 Å². The lowest BCUT2D eigenvalue weighted by Gasteiger charge is -2.08. The Kier molecular flexibility index (Phi) is 6.65. The van der Waals surface area contributed by atoms with Crippen LogP contribution in [0.5, 0.6) is 0 Å². The summed E-state index contributed by atoms with van der Waals surface area (Å²) in [5.74, 6) is -0.742. The molecule has 0 radical (unpaired) electrons. The zero-order valence-corrected chi connectivity index (χ0v) is 15.8. The van der Waals surface area contributed by atoms with E-state index in [9.17, 15) is 14.7 Å². The fourth-order valence-corrected chi connectivity index (χ4v) is 3.26. The van der Waals surface area contributed by atoms with Crippen LogP contribution in [0.15, 0.2) is 95.2 Å². The van der Waals surface area contributed by atoms with Crippen molar-refractivity contribution >= 4 is 29.3 Å². The standard InChI is InChI=1S/C23H18O4S/c24-20(17-9-3-1-4-10-17)15-27-23(26)19-13-7-8-14-22(19)28-16-21(25)18-11-5-2-6-12-18/h1-14,16,25H,15H2/b21-16+. The summed E-state index contributed by atoms with van der Waals surface area (Å²) in [4.78, 5) is 25.2. The molecule has 3 aromatic rings. The molecule has 4 nitrogen and oxygen atoms in total. The number of esters is 1. The molecule has 0 saturated carbocycles. The predicted molar refractivity (Wildman–Crippen MR) is 110 cm³/mol. The Hall–Kier alpha value is -3.31. The van der Waals surface area contributed by atoms with Crippen LogP contribution in [-0.4, -0.2) is 23.5 Å². The van der Waals surface area contributed by atoms with Gasteiger partial charge in [-0.1, -0.05) is 84.6 Å². The van der Waals surface area contributed by atoms with Crippen LogP contribution in [0, 0.1) is 0 Å². The molecule has 0 spiro atoms. The van der Waals surface area contributed by atoms with Gasteiger partial charge in [-0.2, -0.15) is 0 Å². The van der Waals surface area contributed by atoms with Gasteiger partial charge < -0.3 is 9.84 Å². The molecular weight excluding hydrogens is 372 g/mol. The fourth-order valence-electron chi connectivity index (χ4n) is 2.45. The number of ether oxygens (including phenoxy) is 1. The summed E-state index contributed by atoms with van der Waals surface area (Å²) in [5.41, 5.74) is 1.52. The molecule has 0 atom stereocenters. The van der Waals surface area contributed by atoms with E-state index in [-0.39, 0.29) is 18.1 Å². The summed E-state index contributed by atoms with van der Waals surface area (Å²) >= 11 is 1.21. The van der Waals surface area contributed by atoms with Crippen molar-refractivity contribution in [2.45, 2.75) is 4.90 Å². The number of aliphatic hydroxyl groups is 1. The Morgan fingerprint density at radius 2 is 1.39 bits per heavy atom. The smallest absolute Gasteiger partial charge is 0.339 e. The summed E-state index contributed by atoms with van der Waals surface area (Å²) in [6, 6.07) is 24.7. The Balaban J connectivity index is 1.67. The first-order valence-corrected chi connectivity index (χ1v) is 9.49. The molecule has 0 saturated heterocycles. The topological polar surface area (TPSA) is 63.6 Å². The van der Waals surface area contributed by atoms with Crippen molar-refractivity contribution in [1.82, 2.24) is 0 Å². The van der Waals surface area contributed by atoms with E-state index in [0.29, 0.717) is 21.6 Å². The molecule has 0 fully saturated rings. The number of hydrogen-bond donors (Lipinski definition) is 1. The van der Waals surface area contributed by atoms with Crippen molar-refractivity contribution in [3.63, 3.8) is 0 Å². The number of benzene rings is 3. The second-order valence-corrected chi connectivity index (χ2v) is 6.76. The van der Waals surface area contributed by atoms with E-state index in [4.69, 9.17) is 4.74 Å². The molecule has 3 rings (SSSR count). The van der Waals surface area contributed by atoms with Crippen molar-refractivity contribution in [1.29, 1.82) is 0 Å². The summed E-state index contributed by atoms with van der Waals surface area (Å²) < 4.78 is 5.19. The Morgan fingerprint density at radius 1 is 0.821 bits per heavy atom. The molecule has 3 aromatic carbocycles. The first-order chi connectivity index (χ1) is 13.6. The number of carbonyl (C=O) groups excluding carboxylic acids is 2. The molecule has 1 N–H and O–H groups in total. The summed E-state index contributed by atoms with van der Waals surface area (Å²) in [6.07, 6.45) is 0. The lowest BCUT2D eigenvalue weighted by molar-refractivity contribution is 0.0471. The minimum absolute atomic E-state index is 0.105. The number of rotatable bonds is 7. The predicted octanol–water partition coefficient (Wildman–Crippen LogP) is 5.38. The molecule has 0 aliphatic heterocycles. The van der Waals surface area contributed by atoms with E-state index in [0.717, 1.165) is 0 Å². The average molecular weight is 390 g/mol. The highest BCUT2D eigenvalue weighted by Crippen LogP contribution is 2.27. The highest BCUT2D eigenvalue weighted by Gasteiger charge is 2.15. The molecule has 0 aromatic heterocycles. The first kappa shape index (κ1) is 19.5. The molecule has 0 aliphatic carbocycles. The van der Waals surface area contributed by atoms with Crippen molar-refractivity contribution in [3.05, 3.63) is 107 Å². The van der Waals surface area contributed by atoms with Gasteiger partial charge in [-0.3, -0.25) is 4.79 Å². The number of Topliss-reactive ketones (excluding diaryl/α,β-unsaturated/α-hetero) is 1. The van der Waals surface area contributed by atoms with Gasteiger partial charge in [-0.25, -0.2) is 4.79 Å². The normalized spacial score (nSPS) is 11.1. The third kappa shape index (κ3) is 5.11. The van der Waals surface area contributed by atoms with Gasteiger partial charge in [0.15, 0.2) is 12.4 Å². The van der Waals surface area contributed by atoms with Crippen LogP contribution in [0.4, 0.5) is 0 Å². The zero-order chi connectivity index (χ0) is 19.8. The van der Waals surface area contributed by atoms with E-state index in [2.05, 4.69) is 0 Å². The van der Waals surface area contributed by atoms with E-state index in [1.165, 1.54) is 11.8 Å². The monoisotopic (exact) mass is 390 g/mol. The molecule has 0 amide bonds. The van der Waals surface area contributed by atoms with Crippen molar-refractivity contribution in [2.24, 2.45) is 0 Å². The molecular formula is C23H18O4S. The van der Waals surface area contributed by atoms with Crippen LogP contribution < -0.4 is 0 Å². The zero-order valence-electron chi connectivity index (χ0n) is 14.9. The van der Waals surface area contributed by atoms with Crippen LogP contribution in [-0.2, 0) is 4.74 Å². The van der Waals surface area contributed by atoms with Crippen LogP contribution in [0.1, 0.15) is 26.3 Å². The van der Waals surface area contributed by atoms with E-state index < -0.39 is 5.97 Å². The number of ketones is 1. The maximum atomic E-state index is 12.4. The van der Waals surface area contributed by atoms with Gasteiger partial charge in [0.25, 0.3) is 0 Å². The number of hydrogen-bond acceptors (Lipinski definition) is 5. The highest BCUT2D eigenvalue weighted by molar-refractivity contribution is 8.02. The lowest BCUT2D eigenvalue weighted by Crippen LogP contribution is -2.14. The maximum absolute atomic E-state index is 12.4. The maximum Gasteiger partial charge on any atom is 0.339 e. The first-order valence-electron chi connectivity index (χ1n) is 8.61. The third-order valence-electron chi connectivity index (χ3n) is 3.90. The summed E-state index contributed by atoms with van der Waals surface area (Å²) in [6.45, 7) is -0.326. The number of thioether (sulfide) groups is 1. The highest BCUT2D eigenvalue weighted by atomic mass is 32.2. The molecule has 0 aliphatic rings. The molecule has 5 heteroatoms. The van der Waals surface area contributed by atoms with Gasteiger partial charge in [0.1, 0.15) is 5.76 Å². The molecule has 0 heterocycles. The minimum Gasteiger partial charge on any atom is -0.507 e. The second kappa shape index (κ2) is 9.58. The van der Waals surface area contributed by atoms with Gasteiger partial charge in [0.05, 0.1) is 5.56 Å². The SMILES string of the molecule is O=C(COC(=O)c1ccccc1S/C=C(/O)c1ccccc1)c1ccccc1. The van der Waals surface area contributed by atoms with Crippen LogP contribution >= 0.6 is 11.8 Å². The van der Waals surface area contributed by atoms with Gasteiger partial charge in [-0.05, 0) is 12.1 Å². The van der Waals surface area contributed by atoms with E-state index in [1.807, 2.05) is 24.3 Å². The van der Waals surface area contributed by atoms with Crippen LogP contribution in [0.3, 0.4) is 0 Å². The molecule has 0 bridgehead atoms. The van der Waals surface area contributed by atoms with Gasteiger partial charge in [0.2, 0.25) is 0 Å². The van der Waals surface area contributed by atoms with Crippen molar-refractivity contribution in [3.8, 4) is 0 Å². The fraction of sp³-hybridized carbons (Fsp3) is 0.0435. The van der Waals surface area contributed by atoms with E-state index >= 15 is 0 Å². The minimum atomic E-state index is -0.583. The van der Waals surface area contributed by atoms with Crippen molar-refractivity contribution < 1.29 is 19.4 Å². The third-order valence-corrected chi connectivity index (χ3v) is 4.86. The van der Waals surface area contributed by atoms with Gasteiger partial charge >= 0.3 is 5.97 Å². The van der Waals surface area contributed by atoms with Crippen molar-refractivity contribution in [2.75, 3.05) is 6.61 Å². The van der Waals surface area contributed by atoms with Crippen LogP contribution in [0.2, 0.25) is 0 Å². The lowest BCUT2D eigenvalue weighted by atomic mass is 10.1. The quantitative estimate of drug-likeness (QED) is 0.254. The number of aliphatic hydroxyl groups excluding tert-OH is 1. The molecule has 140 valence electrons. The van der Waals surface area contributed by atoms with Crippen LogP contribution in [0.25, 0.3) is 5.76 Å².